The number of nitrogens with zero attached hydrogens (tertiary/aromatic N) is 1. The summed E-state index contributed by atoms with van der Waals surface area (Å²) in [5.41, 5.74) is 0. The third-order valence-corrected chi connectivity index (χ3v) is 7.29. The van der Waals surface area contributed by atoms with Crippen LogP contribution in [0.4, 0.5) is 0 Å². The number of nitrogens with one attached hydrogen (secondary N) is 1. The molecule has 9 heteroatoms. The average molecular weight is 544 g/mol. The molecule has 1 aliphatic heterocycles. The van der Waals surface area contributed by atoms with Crippen LogP contribution in [0.25, 0.3) is 0 Å². The molecule has 0 radical (unpaired) electrons. The molecular weight excluding hydrogens is 519 g/mol. The molecule has 1 saturated heterocycles. The molecule has 0 spiro atoms. The first-order chi connectivity index (χ1) is 14.4. The number of hydrogen-bond donors (Lipinski definition) is 1. The van der Waals surface area contributed by atoms with Gasteiger partial charge in [-0.2, -0.15) is 4.31 Å². The van der Waals surface area contributed by atoms with Gasteiger partial charge in [-0.05, 0) is 84.0 Å². The van der Waals surface area contributed by atoms with Crippen molar-refractivity contribution in [3.8, 4) is 11.5 Å². The molecule has 0 aliphatic carbocycles. The van der Waals surface area contributed by atoms with Gasteiger partial charge in [-0.25, -0.2) is 8.42 Å². The van der Waals surface area contributed by atoms with Gasteiger partial charge in [0.05, 0.1) is 11.4 Å². The van der Waals surface area contributed by atoms with Crippen molar-refractivity contribution in [3.63, 3.8) is 0 Å². The zero-order valence-corrected chi connectivity index (χ0v) is 19.5. The van der Waals surface area contributed by atoms with E-state index in [1.165, 1.54) is 0 Å². The van der Waals surface area contributed by atoms with E-state index in [-0.39, 0.29) is 24.0 Å². The van der Waals surface area contributed by atoms with Crippen molar-refractivity contribution in [2.24, 2.45) is 0 Å². The smallest absolute Gasteiger partial charge is 0.258 e. The Morgan fingerprint density at radius 2 is 1.53 bits per heavy atom. The predicted octanol–water partition coefficient (Wildman–Crippen LogP) is 3.04. The molecule has 0 atom stereocenters. The number of carbonyl (C=O) groups excluding carboxylic acids is 1. The highest BCUT2D eigenvalue weighted by Crippen LogP contribution is 2.22. The van der Waals surface area contributed by atoms with E-state index in [1.54, 1.807) is 28.6 Å². The van der Waals surface area contributed by atoms with E-state index in [2.05, 4.69) is 27.9 Å². The van der Waals surface area contributed by atoms with E-state index < -0.39 is 10.0 Å². The molecule has 30 heavy (non-hydrogen) atoms. The minimum absolute atomic E-state index is 0.0658. The molecule has 1 fully saturated rings. The number of benzene rings is 2. The maximum Gasteiger partial charge on any atom is 0.258 e. The predicted molar refractivity (Wildman–Crippen MR) is 122 cm³/mol. The number of amides is 1. The van der Waals surface area contributed by atoms with E-state index in [1.807, 2.05) is 24.3 Å². The first-order valence-electron chi connectivity index (χ1n) is 9.83. The Morgan fingerprint density at radius 3 is 2.20 bits per heavy atom. The molecule has 162 valence electrons. The minimum atomic E-state index is -3.44. The normalized spacial score (nSPS) is 14.8. The lowest BCUT2D eigenvalue weighted by Crippen LogP contribution is -2.35. The zero-order chi connectivity index (χ0) is 21.4. The van der Waals surface area contributed by atoms with Crippen LogP contribution in [0.1, 0.15) is 19.3 Å². The van der Waals surface area contributed by atoms with Gasteiger partial charge in [-0.15, -0.1) is 0 Å². The summed E-state index contributed by atoms with van der Waals surface area (Å²) in [6.45, 7) is 1.68. The number of halogens is 1. The van der Waals surface area contributed by atoms with Gasteiger partial charge < -0.3 is 14.8 Å². The van der Waals surface area contributed by atoms with E-state index in [4.69, 9.17) is 9.47 Å². The van der Waals surface area contributed by atoms with Gasteiger partial charge >= 0.3 is 0 Å². The number of rotatable bonds is 9. The zero-order valence-electron chi connectivity index (χ0n) is 16.6. The van der Waals surface area contributed by atoms with Gasteiger partial charge in [0.1, 0.15) is 18.1 Å². The van der Waals surface area contributed by atoms with E-state index in [0.29, 0.717) is 31.1 Å². The van der Waals surface area contributed by atoms with Gasteiger partial charge in [-0.3, -0.25) is 4.79 Å². The Hall–Kier alpha value is -1.85. The Bertz CT molecular complexity index is 927. The fraction of sp³-hybridized carbons (Fsp3) is 0.381. The lowest BCUT2D eigenvalue weighted by molar-refractivity contribution is -0.123. The molecule has 1 aliphatic rings. The molecule has 3 rings (SSSR count). The van der Waals surface area contributed by atoms with Crippen LogP contribution in [0.5, 0.6) is 11.5 Å². The van der Waals surface area contributed by atoms with E-state index >= 15 is 0 Å². The van der Waals surface area contributed by atoms with Crippen molar-refractivity contribution in [1.82, 2.24) is 9.62 Å². The van der Waals surface area contributed by atoms with Crippen LogP contribution >= 0.6 is 22.6 Å². The van der Waals surface area contributed by atoms with Crippen LogP contribution < -0.4 is 14.8 Å². The topological polar surface area (TPSA) is 84.9 Å². The summed E-state index contributed by atoms with van der Waals surface area (Å²) in [5, 5.41) is 2.72. The molecule has 1 amide bonds. The summed E-state index contributed by atoms with van der Waals surface area (Å²) >= 11 is 2.20. The maximum atomic E-state index is 12.6. The van der Waals surface area contributed by atoms with Gasteiger partial charge in [0.25, 0.3) is 5.91 Å². The molecule has 0 aromatic heterocycles. The third kappa shape index (κ3) is 6.58. The molecule has 7 nitrogen and oxygen atoms in total. The maximum absolute atomic E-state index is 12.6. The number of sulfonamides is 1. The first kappa shape index (κ1) is 22.8. The molecule has 2 aromatic rings. The molecule has 0 saturated carbocycles. The quantitative estimate of drug-likeness (QED) is 0.388. The standard InChI is InChI=1S/C21H25IN2O5S/c22-17-4-6-19(7-5-17)29-16-21(25)23-12-15-28-18-8-10-20(11-9-18)30(26,27)24-13-2-1-3-14-24/h4-11H,1-3,12-16H2,(H,23,25). The van der Waals surface area contributed by atoms with Crippen LogP contribution in [0, 0.1) is 3.57 Å². The van der Waals surface area contributed by atoms with E-state index in [9.17, 15) is 13.2 Å². The molecule has 2 aromatic carbocycles. The van der Waals surface area contributed by atoms with Crippen LogP contribution in [0.15, 0.2) is 53.4 Å². The lowest BCUT2D eigenvalue weighted by atomic mass is 10.2. The van der Waals surface area contributed by atoms with Crippen molar-refractivity contribution < 1.29 is 22.7 Å². The summed E-state index contributed by atoms with van der Waals surface area (Å²) in [7, 11) is -3.44. The monoisotopic (exact) mass is 544 g/mol. The van der Waals surface area contributed by atoms with Gasteiger partial charge in [-0.1, -0.05) is 6.42 Å². The minimum Gasteiger partial charge on any atom is -0.492 e. The second-order valence-corrected chi connectivity index (χ2v) is 10.1. The molecule has 0 unspecified atom stereocenters. The van der Waals surface area contributed by atoms with Crippen LogP contribution in [0.3, 0.4) is 0 Å². The molecule has 0 bridgehead atoms. The van der Waals surface area contributed by atoms with Crippen LogP contribution in [-0.4, -0.2) is 51.5 Å². The fourth-order valence-corrected chi connectivity index (χ4v) is 4.93. The second-order valence-electron chi connectivity index (χ2n) is 6.88. The van der Waals surface area contributed by atoms with Crippen molar-refractivity contribution in [3.05, 3.63) is 52.1 Å². The van der Waals surface area contributed by atoms with Crippen molar-refractivity contribution in [2.75, 3.05) is 32.8 Å². The first-order valence-corrected chi connectivity index (χ1v) is 12.3. The summed E-state index contributed by atoms with van der Waals surface area (Å²) in [5.74, 6) is 0.957. The molecule has 1 heterocycles. The second kappa shape index (κ2) is 11.0. The highest BCUT2D eigenvalue weighted by Gasteiger charge is 2.25. The van der Waals surface area contributed by atoms with Gasteiger partial charge in [0.2, 0.25) is 10.0 Å². The van der Waals surface area contributed by atoms with E-state index in [0.717, 1.165) is 22.8 Å². The van der Waals surface area contributed by atoms with Gasteiger partial charge in [0, 0.05) is 16.7 Å². The van der Waals surface area contributed by atoms with Crippen molar-refractivity contribution in [2.45, 2.75) is 24.2 Å². The van der Waals surface area contributed by atoms with Gasteiger partial charge in [0.15, 0.2) is 6.61 Å². The summed E-state index contributed by atoms with van der Waals surface area (Å²) in [6, 6.07) is 13.8. The summed E-state index contributed by atoms with van der Waals surface area (Å²) < 4.78 is 38.9. The number of piperidine rings is 1. The molecular formula is C21H25IN2O5S. The highest BCUT2D eigenvalue weighted by molar-refractivity contribution is 14.1. The largest absolute Gasteiger partial charge is 0.492 e. The molecule has 1 N–H and O–H groups in total. The Balaban J connectivity index is 1.38. The number of hydrogen-bond acceptors (Lipinski definition) is 5. The summed E-state index contributed by atoms with van der Waals surface area (Å²) in [6.07, 6.45) is 2.89. The fourth-order valence-electron chi connectivity index (χ4n) is 3.05. The van der Waals surface area contributed by atoms with Crippen molar-refractivity contribution >= 4 is 38.5 Å². The Kier molecular flexibility index (Phi) is 8.34. The Morgan fingerprint density at radius 1 is 0.933 bits per heavy atom. The highest BCUT2D eigenvalue weighted by atomic mass is 127. The average Bonchev–Trinajstić information content (AvgIpc) is 2.77. The summed E-state index contributed by atoms with van der Waals surface area (Å²) in [4.78, 5) is 12.1. The Labute approximate surface area is 190 Å². The third-order valence-electron chi connectivity index (χ3n) is 4.65. The van der Waals surface area contributed by atoms with Crippen molar-refractivity contribution in [1.29, 1.82) is 0 Å². The SMILES string of the molecule is O=C(COc1ccc(I)cc1)NCCOc1ccc(S(=O)(=O)N2CCCCC2)cc1. The van der Waals surface area contributed by atoms with Crippen LogP contribution in [-0.2, 0) is 14.8 Å². The number of carbonyl (C=O) groups is 1. The number of ether oxygens (including phenoxy) is 2. The van der Waals surface area contributed by atoms with Crippen LogP contribution in [0.2, 0.25) is 0 Å². The lowest BCUT2D eigenvalue weighted by Gasteiger charge is -2.25.